The van der Waals surface area contributed by atoms with Gasteiger partial charge in [-0.2, -0.15) is 4.98 Å². The molecule has 0 bridgehead atoms. The highest BCUT2D eigenvalue weighted by Crippen LogP contribution is 2.40. The molecular formula is C18H22F3N5. The van der Waals surface area contributed by atoms with E-state index >= 15 is 0 Å². The van der Waals surface area contributed by atoms with Crippen molar-refractivity contribution in [3.8, 4) is 0 Å². The van der Waals surface area contributed by atoms with Crippen LogP contribution in [0.25, 0.3) is 0 Å². The first-order chi connectivity index (χ1) is 12.4. The molecule has 0 saturated heterocycles. The van der Waals surface area contributed by atoms with Gasteiger partial charge in [0.15, 0.2) is 11.6 Å². The molecule has 1 heterocycles. The summed E-state index contributed by atoms with van der Waals surface area (Å²) in [6.45, 7) is 1.59. The smallest absolute Gasteiger partial charge is 0.224 e. The minimum Gasteiger partial charge on any atom is -0.354 e. The summed E-state index contributed by atoms with van der Waals surface area (Å²) in [5.41, 5.74) is 0.263. The van der Waals surface area contributed by atoms with Crippen molar-refractivity contribution in [3.63, 3.8) is 0 Å². The number of hydrogen-bond acceptors (Lipinski definition) is 5. The van der Waals surface area contributed by atoms with Crippen molar-refractivity contribution in [1.29, 1.82) is 0 Å². The highest BCUT2D eigenvalue weighted by molar-refractivity contribution is 5.59. The van der Waals surface area contributed by atoms with Gasteiger partial charge in [0.05, 0.1) is 5.69 Å². The van der Waals surface area contributed by atoms with Crippen molar-refractivity contribution in [2.45, 2.75) is 25.2 Å². The number of nitrogens with one attached hydrogen (secondary N) is 2. The maximum Gasteiger partial charge on any atom is 0.224 e. The molecule has 0 unspecified atom stereocenters. The topological polar surface area (TPSA) is 53.1 Å². The number of aromatic nitrogens is 2. The van der Waals surface area contributed by atoms with Crippen LogP contribution in [0.3, 0.4) is 0 Å². The predicted molar refractivity (Wildman–Crippen MR) is 95.3 cm³/mol. The molecule has 0 amide bonds. The van der Waals surface area contributed by atoms with Crippen LogP contribution in [0.15, 0.2) is 18.2 Å². The van der Waals surface area contributed by atoms with Crippen LogP contribution in [0.5, 0.6) is 0 Å². The summed E-state index contributed by atoms with van der Waals surface area (Å²) in [5.74, 6) is -2.29. The van der Waals surface area contributed by atoms with Crippen molar-refractivity contribution in [2.24, 2.45) is 0 Å². The minimum atomic E-state index is -1.27. The summed E-state index contributed by atoms with van der Waals surface area (Å²) < 4.78 is 41.2. The van der Waals surface area contributed by atoms with Crippen molar-refractivity contribution in [2.75, 3.05) is 37.8 Å². The molecular weight excluding hydrogens is 343 g/mol. The Kier molecular flexibility index (Phi) is 5.61. The van der Waals surface area contributed by atoms with Gasteiger partial charge in [0.1, 0.15) is 17.3 Å². The normalized spacial score (nSPS) is 13.9. The van der Waals surface area contributed by atoms with Gasteiger partial charge >= 0.3 is 0 Å². The zero-order valence-electron chi connectivity index (χ0n) is 14.8. The van der Waals surface area contributed by atoms with E-state index in [1.807, 2.05) is 14.1 Å². The Balaban J connectivity index is 1.79. The SMILES string of the molecule is CN(C)CCCNc1nc(Nc2c(F)ccc(F)c2F)cc(C2CC2)n1. The van der Waals surface area contributed by atoms with Crippen LogP contribution < -0.4 is 10.6 Å². The molecule has 0 atom stereocenters. The maximum absolute atomic E-state index is 13.9. The Hall–Kier alpha value is -2.35. The fourth-order valence-corrected chi connectivity index (χ4v) is 2.56. The Labute approximate surface area is 150 Å². The second-order valence-corrected chi connectivity index (χ2v) is 6.70. The van der Waals surface area contributed by atoms with Crippen LogP contribution in [0.4, 0.5) is 30.6 Å². The van der Waals surface area contributed by atoms with Gasteiger partial charge in [-0.15, -0.1) is 0 Å². The molecule has 2 aromatic rings. The largest absolute Gasteiger partial charge is 0.354 e. The lowest BCUT2D eigenvalue weighted by Crippen LogP contribution is -2.17. The first-order valence-electron chi connectivity index (χ1n) is 8.62. The van der Waals surface area contributed by atoms with Crippen LogP contribution in [0, 0.1) is 17.5 Å². The third-order valence-corrected chi connectivity index (χ3v) is 4.10. The molecule has 3 rings (SSSR count). The zero-order chi connectivity index (χ0) is 18.7. The molecule has 26 heavy (non-hydrogen) atoms. The lowest BCUT2D eigenvalue weighted by Gasteiger charge is -2.13. The molecule has 1 aromatic carbocycles. The second-order valence-electron chi connectivity index (χ2n) is 6.70. The van der Waals surface area contributed by atoms with Gasteiger partial charge in [0, 0.05) is 18.5 Å². The molecule has 1 aliphatic carbocycles. The molecule has 1 aliphatic rings. The fraction of sp³-hybridized carbons (Fsp3) is 0.444. The second kappa shape index (κ2) is 7.90. The first-order valence-corrected chi connectivity index (χ1v) is 8.62. The average Bonchev–Trinajstić information content (AvgIpc) is 3.44. The molecule has 0 spiro atoms. The standard InChI is InChI=1S/C18H22F3N5/c1-26(2)9-3-8-22-18-23-14(11-4-5-11)10-15(25-18)24-17-13(20)7-6-12(19)16(17)21/h6-7,10-11H,3-5,8-9H2,1-2H3,(H2,22,23,24,25). The lowest BCUT2D eigenvalue weighted by molar-refractivity contribution is 0.405. The Morgan fingerprint density at radius 1 is 1.12 bits per heavy atom. The number of hydrogen-bond donors (Lipinski definition) is 2. The van der Waals surface area contributed by atoms with Gasteiger partial charge in [0.2, 0.25) is 5.95 Å². The predicted octanol–water partition coefficient (Wildman–Crippen LogP) is 3.88. The van der Waals surface area contributed by atoms with Crippen molar-refractivity contribution in [1.82, 2.24) is 14.9 Å². The van der Waals surface area contributed by atoms with Crippen LogP contribution in [-0.2, 0) is 0 Å². The van der Waals surface area contributed by atoms with Crippen molar-refractivity contribution >= 4 is 17.5 Å². The van der Waals surface area contributed by atoms with E-state index in [0.29, 0.717) is 18.4 Å². The summed E-state index contributed by atoms with van der Waals surface area (Å²) >= 11 is 0. The summed E-state index contributed by atoms with van der Waals surface area (Å²) in [6, 6.07) is 3.29. The quantitative estimate of drug-likeness (QED) is 0.549. The van der Waals surface area contributed by atoms with E-state index in [9.17, 15) is 13.2 Å². The zero-order valence-corrected chi connectivity index (χ0v) is 14.8. The maximum atomic E-state index is 13.9. The van der Waals surface area contributed by atoms with Gasteiger partial charge in [-0.3, -0.25) is 0 Å². The summed E-state index contributed by atoms with van der Waals surface area (Å²) in [6.07, 6.45) is 2.96. The van der Waals surface area contributed by atoms with Crippen molar-refractivity contribution < 1.29 is 13.2 Å². The van der Waals surface area contributed by atoms with Gasteiger partial charge in [-0.25, -0.2) is 18.2 Å². The van der Waals surface area contributed by atoms with E-state index in [4.69, 9.17) is 0 Å². The van der Waals surface area contributed by atoms with E-state index in [-0.39, 0.29) is 5.82 Å². The van der Waals surface area contributed by atoms with Gasteiger partial charge in [-0.05, 0) is 52.0 Å². The molecule has 1 fully saturated rings. The molecule has 0 aliphatic heterocycles. The first kappa shape index (κ1) is 18.4. The van der Waals surface area contributed by atoms with Crippen LogP contribution in [0.2, 0.25) is 0 Å². The number of anilines is 3. The van der Waals surface area contributed by atoms with Crippen LogP contribution in [-0.4, -0.2) is 42.1 Å². The van der Waals surface area contributed by atoms with Gasteiger partial charge in [0.25, 0.3) is 0 Å². The van der Waals surface area contributed by atoms with E-state index in [0.717, 1.165) is 43.6 Å². The lowest BCUT2D eigenvalue weighted by atomic mass is 10.2. The molecule has 2 N–H and O–H groups in total. The van der Waals surface area contributed by atoms with E-state index < -0.39 is 23.1 Å². The van der Waals surface area contributed by atoms with Crippen LogP contribution in [0.1, 0.15) is 30.9 Å². The summed E-state index contributed by atoms with van der Waals surface area (Å²) in [4.78, 5) is 10.8. The number of rotatable bonds is 8. The molecule has 1 aromatic heterocycles. The Morgan fingerprint density at radius 2 is 1.85 bits per heavy atom. The Morgan fingerprint density at radius 3 is 2.54 bits per heavy atom. The molecule has 8 heteroatoms. The van der Waals surface area contributed by atoms with E-state index in [2.05, 4.69) is 25.5 Å². The van der Waals surface area contributed by atoms with Crippen molar-refractivity contribution in [3.05, 3.63) is 41.3 Å². The third kappa shape index (κ3) is 4.63. The van der Waals surface area contributed by atoms with Gasteiger partial charge in [-0.1, -0.05) is 0 Å². The summed E-state index contributed by atoms with van der Waals surface area (Å²) in [5, 5.41) is 5.70. The molecule has 5 nitrogen and oxygen atoms in total. The molecule has 0 radical (unpaired) electrons. The van der Waals surface area contributed by atoms with Gasteiger partial charge < -0.3 is 15.5 Å². The third-order valence-electron chi connectivity index (χ3n) is 4.10. The number of benzene rings is 1. The van der Waals surface area contributed by atoms with Crippen LogP contribution >= 0.6 is 0 Å². The highest BCUT2D eigenvalue weighted by atomic mass is 19.2. The number of nitrogens with zero attached hydrogens (tertiary/aromatic N) is 3. The molecule has 140 valence electrons. The minimum absolute atomic E-state index is 0.236. The van der Waals surface area contributed by atoms with E-state index in [1.165, 1.54) is 0 Å². The molecule has 1 saturated carbocycles. The monoisotopic (exact) mass is 365 g/mol. The van der Waals surface area contributed by atoms with E-state index in [1.54, 1.807) is 6.07 Å². The fourth-order valence-electron chi connectivity index (χ4n) is 2.56. The summed E-state index contributed by atoms with van der Waals surface area (Å²) in [7, 11) is 3.99. The highest BCUT2D eigenvalue weighted by Gasteiger charge is 2.26. The average molecular weight is 365 g/mol. The Bertz CT molecular complexity index is 778. The number of halogens is 3.